The first kappa shape index (κ1) is 27.9. The van der Waals surface area contributed by atoms with Crippen LogP contribution in [0, 0.1) is 5.92 Å². The molecule has 0 spiro atoms. The van der Waals surface area contributed by atoms with Crippen molar-refractivity contribution in [3.8, 4) is 5.75 Å². The van der Waals surface area contributed by atoms with Crippen molar-refractivity contribution in [2.24, 2.45) is 5.92 Å². The maximum Gasteiger partial charge on any atom is 0.348 e. The number of carbonyl (C=O) groups is 2. The van der Waals surface area contributed by atoms with E-state index in [9.17, 15) is 14.7 Å². The van der Waals surface area contributed by atoms with Gasteiger partial charge in [0, 0.05) is 18.8 Å². The molecular weight excluding hydrogens is 504 g/mol. The summed E-state index contributed by atoms with van der Waals surface area (Å²) in [6.45, 7) is 6.54. The zero-order chi connectivity index (χ0) is 28.0. The first-order chi connectivity index (χ1) is 19.4. The summed E-state index contributed by atoms with van der Waals surface area (Å²) in [5.74, 6) is 0.0928. The van der Waals surface area contributed by atoms with Crippen molar-refractivity contribution in [1.29, 1.82) is 0 Å². The Balaban J connectivity index is 1.25. The molecule has 40 heavy (non-hydrogen) atoms. The van der Waals surface area contributed by atoms with E-state index in [1.54, 1.807) is 30.3 Å². The molecule has 3 aromatic carbocycles. The van der Waals surface area contributed by atoms with E-state index in [0.717, 1.165) is 43.4 Å². The Morgan fingerprint density at radius 2 is 1.52 bits per heavy atom. The van der Waals surface area contributed by atoms with Gasteiger partial charge < -0.3 is 24.4 Å². The number of ether oxygens (including phenoxy) is 2. The van der Waals surface area contributed by atoms with Crippen LogP contribution in [-0.2, 0) is 15.1 Å². The molecule has 7 heteroatoms. The SMILES string of the molecule is CCCOc1ccccc1C(=O)NCC[N+]12CCC(CC1)[C@@H](OC(=O)C(O)(c1ccccc1)c1ccccc1)C2. The molecule has 3 aromatic rings. The van der Waals surface area contributed by atoms with E-state index >= 15 is 0 Å². The zero-order valence-corrected chi connectivity index (χ0v) is 23.1. The smallest absolute Gasteiger partial charge is 0.348 e. The van der Waals surface area contributed by atoms with Gasteiger partial charge in [0.25, 0.3) is 5.91 Å². The van der Waals surface area contributed by atoms with Crippen LogP contribution in [0.4, 0.5) is 0 Å². The first-order valence-electron chi connectivity index (χ1n) is 14.3. The lowest BCUT2D eigenvalue weighted by Gasteiger charge is -2.52. The third-order valence-corrected chi connectivity index (χ3v) is 8.44. The van der Waals surface area contributed by atoms with Gasteiger partial charge in [-0.3, -0.25) is 4.79 Å². The molecular formula is C33H39N2O5+. The van der Waals surface area contributed by atoms with Crippen LogP contribution in [0.1, 0.15) is 47.7 Å². The van der Waals surface area contributed by atoms with Gasteiger partial charge in [0.1, 0.15) is 12.3 Å². The van der Waals surface area contributed by atoms with Crippen LogP contribution >= 0.6 is 0 Å². The second-order valence-corrected chi connectivity index (χ2v) is 11.0. The number of aliphatic hydroxyl groups is 1. The molecule has 0 aromatic heterocycles. The van der Waals surface area contributed by atoms with Gasteiger partial charge in [-0.15, -0.1) is 0 Å². The molecule has 3 saturated heterocycles. The van der Waals surface area contributed by atoms with Crippen LogP contribution in [0.5, 0.6) is 5.75 Å². The molecule has 3 fully saturated rings. The van der Waals surface area contributed by atoms with E-state index in [4.69, 9.17) is 9.47 Å². The normalized spacial score (nSPS) is 21.9. The van der Waals surface area contributed by atoms with Gasteiger partial charge in [-0.1, -0.05) is 79.7 Å². The van der Waals surface area contributed by atoms with Crippen molar-refractivity contribution in [2.75, 3.05) is 39.3 Å². The lowest BCUT2D eigenvalue weighted by Crippen LogP contribution is -2.66. The number of para-hydroxylation sites is 1. The second kappa shape index (κ2) is 12.2. The highest BCUT2D eigenvalue weighted by atomic mass is 16.6. The van der Waals surface area contributed by atoms with Gasteiger partial charge in [-0.2, -0.15) is 0 Å². The lowest BCUT2D eigenvalue weighted by molar-refractivity contribution is -0.945. The summed E-state index contributed by atoms with van der Waals surface area (Å²) >= 11 is 0. The van der Waals surface area contributed by atoms with E-state index in [2.05, 4.69) is 5.32 Å². The fourth-order valence-electron chi connectivity index (χ4n) is 6.15. The number of fused-ring (bicyclic) bond motifs is 3. The van der Waals surface area contributed by atoms with Crippen LogP contribution in [-0.4, -0.2) is 66.9 Å². The number of esters is 1. The molecule has 0 aliphatic carbocycles. The fourth-order valence-corrected chi connectivity index (χ4v) is 6.15. The summed E-state index contributed by atoms with van der Waals surface area (Å²) in [7, 11) is 0. The molecule has 0 radical (unpaired) electrons. The van der Waals surface area contributed by atoms with Gasteiger partial charge in [0.15, 0.2) is 6.10 Å². The molecule has 0 unspecified atom stereocenters. The minimum Gasteiger partial charge on any atom is -0.493 e. The van der Waals surface area contributed by atoms with E-state index in [0.29, 0.717) is 42.1 Å². The first-order valence-corrected chi connectivity index (χ1v) is 14.3. The van der Waals surface area contributed by atoms with Crippen LogP contribution < -0.4 is 10.1 Å². The summed E-state index contributed by atoms with van der Waals surface area (Å²) in [6, 6.07) is 25.3. The van der Waals surface area contributed by atoms with Gasteiger partial charge >= 0.3 is 5.97 Å². The van der Waals surface area contributed by atoms with E-state index < -0.39 is 11.6 Å². The predicted octanol–water partition coefficient (Wildman–Crippen LogP) is 4.29. The largest absolute Gasteiger partial charge is 0.493 e. The highest BCUT2D eigenvalue weighted by Gasteiger charge is 2.50. The van der Waals surface area contributed by atoms with E-state index in [1.165, 1.54) is 0 Å². The molecule has 3 heterocycles. The zero-order valence-electron chi connectivity index (χ0n) is 23.1. The molecule has 1 atom stereocenters. The number of rotatable bonds is 11. The molecule has 2 N–H and O–H groups in total. The van der Waals surface area contributed by atoms with Crippen LogP contribution in [0.3, 0.4) is 0 Å². The summed E-state index contributed by atoms with van der Waals surface area (Å²) in [5, 5.41) is 14.9. The predicted molar refractivity (Wildman–Crippen MR) is 153 cm³/mol. The van der Waals surface area contributed by atoms with Crippen molar-refractivity contribution in [3.63, 3.8) is 0 Å². The van der Waals surface area contributed by atoms with E-state index in [-0.39, 0.29) is 17.9 Å². The number of carbonyl (C=O) groups excluding carboxylic acids is 2. The molecule has 210 valence electrons. The standard InChI is InChI=1S/C33H38N2O5/c1-2-23-39-29-16-10-9-15-28(29)31(36)34-19-22-35-20-17-25(18-21-35)30(24-35)40-32(37)33(38,26-11-5-3-6-12-26)27-13-7-4-8-14-27/h3-16,25,30,38H,2,17-24H2,1H3/p+1/t25?,30-,35?/m0/s1. The van der Waals surface area contributed by atoms with Crippen molar-refractivity contribution in [1.82, 2.24) is 5.32 Å². The monoisotopic (exact) mass is 543 g/mol. The fraction of sp³-hybridized carbons (Fsp3) is 0.394. The average Bonchev–Trinajstić information content (AvgIpc) is 3.01. The van der Waals surface area contributed by atoms with Crippen molar-refractivity contribution >= 4 is 11.9 Å². The highest BCUT2D eigenvalue weighted by molar-refractivity contribution is 5.96. The Labute approximate surface area is 236 Å². The second-order valence-electron chi connectivity index (χ2n) is 11.0. The Morgan fingerprint density at radius 1 is 0.925 bits per heavy atom. The Morgan fingerprint density at radius 3 is 2.15 bits per heavy atom. The van der Waals surface area contributed by atoms with Gasteiger partial charge in [-0.05, 0) is 29.7 Å². The Bertz CT molecular complexity index is 1250. The minimum atomic E-state index is -1.89. The lowest BCUT2D eigenvalue weighted by atomic mass is 9.82. The van der Waals surface area contributed by atoms with Crippen molar-refractivity contribution in [3.05, 3.63) is 102 Å². The molecule has 7 nitrogen and oxygen atoms in total. The molecule has 1 amide bonds. The van der Waals surface area contributed by atoms with Crippen LogP contribution in [0.25, 0.3) is 0 Å². The van der Waals surface area contributed by atoms with Crippen LogP contribution in [0.15, 0.2) is 84.9 Å². The number of quaternary nitrogens is 1. The van der Waals surface area contributed by atoms with E-state index in [1.807, 2.05) is 61.5 Å². The maximum atomic E-state index is 13.7. The maximum absolute atomic E-state index is 13.7. The molecule has 6 rings (SSSR count). The number of nitrogens with one attached hydrogen (secondary N) is 1. The summed E-state index contributed by atoms with van der Waals surface area (Å²) < 4.78 is 12.7. The quantitative estimate of drug-likeness (QED) is 0.278. The number of hydrogen-bond acceptors (Lipinski definition) is 5. The number of benzene rings is 3. The minimum absolute atomic E-state index is 0.143. The number of hydrogen-bond donors (Lipinski definition) is 2. The Kier molecular flexibility index (Phi) is 8.52. The Hall–Kier alpha value is -3.68. The third kappa shape index (κ3) is 5.76. The summed E-state index contributed by atoms with van der Waals surface area (Å²) in [4.78, 5) is 26.7. The number of nitrogens with zero attached hydrogens (tertiary/aromatic N) is 1. The molecule has 3 aliphatic heterocycles. The topological polar surface area (TPSA) is 84.9 Å². The third-order valence-electron chi connectivity index (χ3n) is 8.44. The average molecular weight is 544 g/mol. The van der Waals surface area contributed by atoms with Gasteiger partial charge in [0.05, 0.1) is 38.3 Å². The van der Waals surface area contributed by atoms with Crippen molar-refractivity contribution in [2.45, 2.75) is 37.9 Å². The van der Waals surface area contributed by atoms with Crippen LogP contribution in [0.2, 0.25) is 0 Å². The summed E-state index contributed by atoms with van der Waals surface area (Å²) in [6.07, 6.45) is 2.49. The number of amides is 1. The highest BCUT2D eigenvalue weighted by Crippen LogP contribution is 2.38. The summed E-state index contributed by atoms with van der Waals surface area (Å²) in [5.41, 5.74) is -0.369. The van der Waals surface area contributed by atoms with Gasteiger partial charge in [0.2, 0.25) is 5.60 Å². The molecule has 2 bridgehead atoms. The molecule has 3 aliphatic rings. The van der Waals surface area contributed by atoms with Crippen molar-refractivity contribution < 1.29 is 28.7 Å². The van der Waals surface area contributed by atoms with Gasteiger partial charge in [-0.25, -0.2) is 4.79 Å². The number of piperidine rings is 3. The molecule has 0 saturated carbocycles.